The molecule has 0 aliphatic heterocycles. The Bertz CT molecular complexity index is 3160. The molecule has 0 atom stereocenters. The van der Waals surface area contributed by atoms with Crippen LogP contribution in [0.5, 0.6) is 23.0 Å². The average molecular weight is 1130 g/mol. The molecule has 0 amide bonds. The van der Waals surface area contributed by atoms with E-state index in [0.29, 0.717) is 31.2 Å². The van der Waals surface area contributed by atoms with E-state index >= 15 is 0 Å². The number of hydrogen-bond acceptors (Lipinski definition) is 11. The molecule has 0 unspecified atom stereocenters. The lowest BCUT2D eigenvalue weighted by Crippen LogP contribution is -2.10. The fourth-order valence-corrected chi connectivity index (χ4v) is 9.51. The summed E-state index contributed by atoms with van der Waals surface area (Å²) < 4.78 is 26.4. The van der Waals surface area contributed by atoms with Crippen molar-refractivity contribution in [2.45, 2.75) is 99.4 Å². The molecular formula is C57H65Br2ClN6O6. The number of Topliss-reactive ketones (excluding diaryl/α,β-unsaturated/α-hetero) is 1. The van der Waals surface area contributed by atoms with Crippen molar-refractivity contribution in [1.29, 1.82) is 0 Å². The van der Waals surface area contributed by atoms with E-state index in [-0.39, 0.29) is 26.2 Å². The molecule has 0 radical (unpaired) electrons. The Hall–Kier alpha value is -5.93. The largest absolute Gasteiger partial charge is 0.497 e. The van der Waals surface area contributed by atoms with Gasteiger partial charge in [0.1, 0.15) is 45.3 Å². The first-order chi connectivity index (χ1) is 34.4. The molecule has 0 bridgehead atoms. The Labute approximate surface area is 445 Å². The second-order valence-electron chi connectivity index (χ2n) is 17.3. The first kappa shape index (κ1) is 55.4. The monoisotopic (exact) mass is 1120 g/mol. The minimum Gasteiger partial charge on any atom is -0.497 e. The highest BCUT2D eigenvalue weighted by Crippen LogP contribution is 2.37. The van der Waals surface area contributed by atoms with Crippen molar-refractivity contribution in [3.05, 3.63) is 144 Å². The van der Waals surface area contributed by atoms with Crippen molar-refractivity contribution in [3.8, 4) is 23.0 Å². The van der Waals surface area contributed by atoms with Gasteiger partial charge in [-0.3, -0.25) is 4.79 Å². The normalized spacial score (nSPS) is 11.0. The van der Waals surface area contributed by atoms with Crippen LogP contribution in [0.1, 0.15) is 92.6 Å². The Morgan fingerprint density at radius 3 is 2.00 bits per heavy atom. The van der Waals surface area contributed by atoms with Crippen LogP contribution < -0.4 is 29.6 Å². The summed E-state index contributed by atoms with van der Waals surface area (Å²) in [5.41, 5.74) is 10.1. The van der Waals surface area contributed by atoms with Crippen LogP contribution in [0.25, 0.3) is 32.8 Å². The topological polar surface area (TPSA) is 142 Å². The molecule has 8 aromatic rings. The molecule has 380 valence electrons. The summed E-state index contributed by atoms with van der Waals surface area (Å²) in [6, 6.07) is 29.8. The summed E-state index contributed by atoms with van der Waals surface area (Å²) in [4.78, 5) is 27.3. The van der Waals surface area contributed by atoms with E-state index in [1.165, 1.54) is 0 Å². The lowest BCUT2D eigenvalue weighted by Gasteiger charge is -2.18. The molecule has 0 aliphatic rings. The highest BCUT2D eigenvalue weighted by molar-refractivity contribution is 9.10. The second kappa shape index (κ2) is 26.1. The number of anilines is 2. The highest BCUT2D eigenvalue weighted by Gasteiger charge is 2.22. The average Bonchev–Trinajstić information content (AvgIpc) is 3.75. The van der Waals surface area contributed by atoms with Crippen LogP contribution in [-0.2, 0) is 43.9 Å². The van der Waals surface area contributed by atoms with Crippen LogP contribution >= 0.6 is 43.5 Å². The van der Waals surface area contributed by atoms with E-state index in [4.69, 9.17) is 40.5 Å². The predicted octanol–water partition coefficient (Wildman–Crippen LogP) is 14.4. The number of ketones is 1. The van der Waals surface area contributed by atoms with Crippen LogP contribution in [0.15, 0.2) is 99.9 Å². The highest BCUT2D eigenvalue weighted by atomic mass is 79.9. The van der Waals surface area contributed by atoms with E-state index in [9.17, 15) is 9.90 Å². The van der Waals surface area contributed by atoms with Gasteiger partial charge in [-0.25, -0.2) is 15.0 Å². The predicted molar refractivity (Wildman–Crippen MR) is 301 cm³/mol. The second-order valence-corrected chi connectivity index (χ2v) is 19.5. The molecule has 15 heteroatoms. The molecule has 0 aliphatic carbocycles. The minimum atomic E-state index is -0.0302. The molecule has 8 rings (SSSR count). The van der Waals surface area contributed by atoms with Crippen molar-refractivity contribution in [1.82, 2.24) is 19.5 Å². The zero-order valence-corrected chi connectivity index (χ0v) is 45.3. The van der Waals surface area contributed by atoms with Crippen molar-refractivity contribution < 1.29 is 28.8 Å². The van der Waals surface area contributed by atoms with Crippen LogP contribution in [0.2, 0.25) is 5.15 Å². The standard InChI is InChI=1S/C32H35BrN4O3.C24H26BrClN2O3.CH4/c1-5-6-7-29-36-30-31(37(29)18-23-11-9-21(19-38)15-28(23)40-4)25-16-24(33)12-13-26(25)35-32(30)34-17-22-10-8-20(2)14-27(22)39-3;1-4-5-6-17(29)12-20-23(19-11-16(25)8-10-21(19)28-24(20)26)27-14-15-7-9-18(30-2)13-22(15)31-3;/h8-16,38H,5-7,17-19H2,1-4H3,(H,34,35);7-11,13H,4-6,12,14H2,1-3H3,(H,27,28);1H4. The maximum Gasteiger partial charge on any atom is 0.155 e. The van der Waals surface area contributed by atoms with Gasteiger partial charge in [-0.05, 0) is 91.6 Å². The summed E-state index contributed by atoms with van der Waals surface area (Å²) >= 11 is 13.8. The SMILES string of the molecule is C.CCCCC(=O)Cc1c(Cl)nc2ccc(Br)cc2c1NCc1ccc(OC)cc1OC.CCCCc1nc2c(NCc3ccc(C)cc3OC)nc3ccc(Br)cc3c2n1Cc1ccc(CO)cc1OC. The number of nitrogens with one attached hydrogen (secondary N) is 2. The lowest BCUT2D eigenvalue weighted by atomic mass is 10.0. The van der Waals surface area contributed by atoms with Gasteiger partial charge in [0.15, 0.2) is 5.82 Å². The number of rotatable bonds is 21. The number of pyridine rings is 2. The number of benzene rings is 5. The van der Waals surface area contributed by atoms with E-state index in [2.05, 4.69) is 91.0 Å². The van der Waals surface area contributed by atoms with E-state index in [1.807, 2.05) is 72.8 Å². The number of halogens is 3. The van der Waals surface area contributed by atoms with Gasteiger partial charge in [-0.1, -0.05) is 102 Å². The molecule has 72 heavy (non-hydrogen) atoms. The third-order valence-electron chi connectivity index (χ3n) is 12.4. The number of hydrogen-bond donors (Lipinski definition) is 3. The van der Waals surface area contributed by atoms with Gasteiger partial charge in [0.2, 0.25) is 0 Å². The van der Waals surface area contributed by atoms with Gasteiger partial charge >= 0.3 is 0 Å². The molecule has 12 nitrogen and oxygen atoms in total. The number of aliphatic hydroxyl groups is 1. The van der Waals surface area contributed by atoms with Gasteiger partial charge < -0.3 is 39.3 Å². The van der Waals surface area contributed by atoms with Crippen LogP contribution in [0, 0.1) is 6.92 Å². The quantitative estimate of drug-likeness (QED) is 0.0592. The summed E-state index contributed by atoms with van der Waals surface area (Å²) in [5, 5.41) is 19.0. The molecule has 0 fully saturated rings. The van der Waals surface area contributed by atoms with E-state index in [1.54, 1.807) is 28.4 Å². The van der Waals surface area contributed by atoms with Crippen molar-refractivity contribution >= 4 is 93.6 Å². The first-order valence-electron chi connectivity index (χ1n) is 23.8. The number of imidazole rings is 1. The lowest BCUT2D eigenvalue weighted by molar-refractivity contribution is -0.118. The van der Waals surface area contributed by atoms with E-state index < -0.39 is 0 Å². The summed E-state index contributed by atoms with van der Waals surface area (Å²) in [7, 11) is 6.62. The number of aryl methyl sites for hydroxylation is 2. The zero-order chi connectivity index (χ0) is 50.6. The number of unbranched alkanes of at least 4 members (excludes halogenated alkanes) is 2. The Morgan fingerprint density at radius 1 is 0.708 bits per heavy atom. The van der Waals surface area contributed by atoms with Crippen molar-refractivity contribution in [2.24, 2.45) is 0 Å². The number of methoxy groups -OCH3 is 4. The van der Waals surface area contributed by atoms with Crippen LogP contribution in [-0.4, -0.2) is 58.8 Å². The molecule has 0 saturated heterocycles. The van der Waals surface area contributed by atoms with Gasteiger partial charge in [0.25, 0.3) is 0 Å². The van der Waals surface area contributed by atoms with Crippen LogP contribution in [0.3, 0.4) is 0 Å². The van der Waals surface area contributed by atoms with Gasteiger partial charge in [-0.15, -0.1) is 0 Å². The van der Waals surface area contributed by atoms with Crippen molar-refractivity contribution in [2.75, 3.05) is 39.1 Å². The van der Waals surface area contributed by atoms with Crippen molar-refractivity contribution in [3.63, 3.8) is 0 Å². The number of carbonyl (C=O) groups is 1. The Kier molecular flexibility index (Phi) is 20.1. The van der Waals surface area contributed by atoms with E-state index in [0.717, 1.165) is 148 Å². The fourth-order valence-electron chi connectivity index (χ4n) is 8.54. The number of carbonyl (C=O) groups excluding carboxylic acids is 1. The Balaban J connectivity index is 0.000000240. The third kappa shape index (κ3) is 13.2. The summed E-state index contributed by atoms with van der Waals surface area (Å²) in [6.07, 6.45) is 5.58. The first-order valence-corrected chi connectivity index (χ1v) is 25.7. The molecule has 3 aromatic heterocycles. The molecule has 3 N–H and O–H groups in total. The number of aromatic nitrogens is 4. The summed E-state index contributed by atoms with van der Waals surface area (Å²) in [6.45, 7) is 7.93. The van der Waals surface area contributed by atoms with Crippen LogP contribution in [0.4, 0.5) is 11.5 Å². The van der Waals surface area contributed by atoms with Gasteiger partial charge in [-0.2, -0.15) is 0 Å². The molecule has 3 heterocycles. The number of ether oxygens (including phenoxy) is 4. The summed E-state index contributed by atoms with van der Waals surface area (Å²) in [5.74, 6) is 4.95. The maximum atomic E-state index is 12.6. The Morgan fingerprint density at radius 2 is 1.33 bits per heavy atom. The van der Waals surface area contributed by atoms with Gasteiger partial charge in [0.05, 0.1) is 63.8 Å². The number of fused-ring (bicyclic) bond motifs is 4. The molecule has 0 saturated carbocycles. The number of aliphatic hydroxyl groups excluding tert-OH is 1. The number of nitrogens with zero attached hydrogens (tertiary/aromatic N) is 4. The third-order valence-corrected chi connectivity index (χ3v) is 13.7. The molecular weight excluding hydrogens is 1060 g/mol. The smallest absolute Gasteiger partial charge is 0.155 e. The molecule has 0 spiro atoms. The molecule has 5 aromatic carbocycles. The fraction of sp³-hybridized carbons (Fsp3) is 0.333. The maximum absolute atomic E-state index is 12.6. The zero-order valence-electron chi connectivity index (χ0n) is 41.3. The van der Waals surface area contributed by atoms with Gasteiger partial charge in [0, 0.05) is 80.4 Å². The minimum absolute atomic E-state index is 0.